The maximum absolute atomic E-state index is 7.12. The number of para-hydroxylation sites is 2. The minimum atomic E-state index is -0.207. The summed E-state index contributed by atoms with van der Waals surface area (Å²) in [6, 6.07) is 65.5. The van der Waals surface area contributed by atoms with Crippen LogP contribution in [0, 0.1) is 0 Å². The van der Waals surface area contributed by atoms with Crippen LogP contribution in [0.2, 0.25) is 0 Å². The van der Waals surface area contributed by atoms with Crippen LogP contribution in [0.3, 0.4) is 0 Å². The molecule has 1 aliphatic heterocycles. The molecule has 0 radical (unpaired) electrons. The molecular weight excluding hydrogens is 949 g/mol. The van der Waals surface area contributed by atoms with E-state index in [-0.39, 0.29) is 27.1 Å². The fourth-order valence-corrected chi connectivity index (χ4v) is 12.0. The summed E-state index contributed by atoms with van der Waals surface area (Å²) in [7, 11) is 0. The van der Waals surface area contributed by atoms with E-state index in [9.17, 15) is 0 Å². The van der Waals surface area contributed by atoms with E-state index >= 15 is 0 Å². The molecule has 0 fully saturated rings. The Kier molecular flexibility index (Phi) is 11.8. The minimum Gasteiger partial charge on any atom is -0.457 e. The predicted octanol–water partition coefficient (Wildman–Crippen LogP) is 20.0. The highest BCUT2D eigenvalue weighted by Gasteiger charge is 2.38. The van der Waals surface area contributed by atoms with E-state index in [4.69, 9.17) is 9.72 Å². The summed E-state index contributed by atoms with van der Waals surface area (Å²) < 4.78 is 9.46. The van der Waals surface area contributed by atoms with Crippen molar-refractivity contribution in [1.29, 1.82) is 0 Å². The monoisotopic (exact) mass is 1020 g/mol. The van der Waals surface area contributed by atoms with Gasteiger partial charge < -0.3 is 14.5 Å². The van der Waals surface area contributed by atoms with E-state index in [1.807, 2.05) is 6.20 Å². The first-order valence-corrected chi connectivity index (χ1v) is 28.0. The third-order valence-electron chi connectivity index (χ3n) is 16.7. The fraction of sp³-hybridized carbons (Fsp3) is 0.274. The van der Waals surface area contributed by atoms with Gasteiger partial charge in [-0.2, -0.15) is 0 Å². The van der Waals surface area contributed by atoms with Crippen LogP contribution in [0.25, 0.3) is 61.0 Å². The van der Waals surface area contributed by atoms with E-state index in [0.717, 1.165) is 39.9 Å². The summed E-state index contributed by atoms with van der Waals surface area (Å²) in [5, 5.41) is 2.59. The van der Waals surface area contributed by atoms with Gasteiger partial charge in [-0.1, -0.05) is 200 Å². The van der Waals surface area contributed by atoms with Crippen molar-refractivity contribution in [2.45, 2.75) is 124 Å². The van der Waals surface area contributed by atoms with Crippen LogP contribution in [0.4, 0.5) is 22.7 Å². The molecule has 3 heterocycles. The van der Waals surface area contributed by atoms with Crippen LogP contribution < -0.4 is 14.5 Å². The maximum atomic E-state index is 7.12. The Morgan fingerprint density at radius 2 is 0.987 bits per heavy atom. The number of rotatable bonds is 8. The molecule has 0 bridgehead atoms. The summed E-state index contributed by atoms with van der Waals surface area (Å²) in [4.78, 5) is 10.0. The molecule has 5 nitrogen and oxygen atoms in total. The smallest absolute Gasteiger partial charge is 0.137 e. The fourth-order valence-electron chi connectivity index (χ4n) is 12.0. The average Bonchev–Trinajstić information content (AvgIpc) is 3.47. The molecule has 0 saturated heterocycles. The number of anilines is 4. The van der Waals surface area contributed by atoms with Crippen LogP contribution in [0.15, 0.2) is 182 Å². The zero-order chi connectivity index (χ0) is 54.8. The highest BCUT2D eigenvalue weighted by molar-refractivity contribution is 6.16. The van der Waals surface area contributed by atoms with Gasteiger partial charge in [-0.3, -0.25) is 4.57 Å². The van der Waals surface area contributed by atoms with E-state index in [0.29, 0.717) is 6.67 Å². The van der Waals surface area contributed by atoms with Gasteiger partial charge in [0.1, 0.15) is 24.0 Å². The van der Waals surface area contributed by atoms with Gasteiger partial charge >= 0.3 is 0 Å². The molecule has 78 heavy (non-hydrogen) atoms. The lowest BCUT2D eigenvalue weighted by atomic mass is 9.77. The van der Waals surface area contributed by atoms with Crippen molar-refractivity contribution in [2.24, 2.45) is 0 Å². The summed E-state index contributed by atoms with van der Waals surface area (Å²) >= 11 is 0. The van der Waals surface area contributed by atoms with Gasteiger partial charge in [0.2, 0.25) is 0 Å². The molecule has 5 heteroatoms. The number of benzene rings is 8. The molecule has 12 rings (SSSR count). The highest BCUT2D eigenvalue weighted by atomic mass is 16.5. The average molecular weight is 1020 g/mol. The van der Waals surface area contributed by atoms with Crippen LogP contribution in [-0.2, 0) is 27.1 Å². The molecule has 0 spiro atoms. The minimum absolute atomic E-state index is 0.0250. The van der Waals surface area contributed by atoms with Crippen LogP contribution in [-0.4, -0.2) is 16.2 Å². The van der Waals surface area contributed by atoms with E-state index in [2.05, 4.69) is 287 Å². The van der Waals surface area contributed by atoms with Gasteiger partial charge in [0, 0.05) is 51.3 Å². The van der Waals surface area contributed by atoms with Crippen LogP contribution in [0.5, 0.6) is 11.5 Å². The summed E-state index contributed by atoms with van der Waals surface area (Å²) in [5.74, 6) is 2.50. The van der Waals surface area contributed by atoms with Crippen molar-refractivity contribution >= 4 is 44.6 Å². The van der Waals surface area contributed by atoms with Gasteiger partial charge in [0.05, 0.1) is 28.1 Å². The molecule has 8 aromatic carbocycles. The highest BCUT2D eigenvalue weighted by Crippen LogP contribution is 2.55. The largest absolute Gasteiger partial charge is 0.457 e. The van der Waals surface area contributed by atoms with E-state index in [1.165, 1.54) is 88.7 Å². The summed E-state index contributed by atoms with van der Waals surface area (Å²) in [6.45, 7) is 33.1. The maximum Gasteiger partial charge on any atom is 0.137 e. The standard InChI is InChI=1S/C73H74N4O/c1-69(2,3)50-34-35-74-65(41-50)77-63-29-21-26-59-66(63)67-60(73(59,13)14)43-56(44-64(67)77)78-55-25-20-24-54(42-55)75-45-76(62-28-19-18-27-61(62)75)68-57(48-32-30-47(31-33-48)46-22-16-15-17-23-46)39-53(72(10,11)12)40-58(68)49-36-51(70(4,5)6)38-52(37-49)71(7,8)9/h15-44H,45H2,1-14H3. The lowest BCUT2D eigenvalue weighted by Gasteiger charge is -2.32. The molecule has 0 unspecified atom stereocenters. The number of fused-ring (bicyclic) bond motifs is 1. The first kappa shape index (κ1) is 50.9. The zero-order valence-corrected chi connectivity index (χ0v) is 48.2. The van der Waals surface area contributed by atoms with Crippen molar-refractivity contribution in [3.8, 4) is 50.7 Å². The van der Waals surface area contributed by atoms with E-state index in [1.54, 1.807) is 0 Å². The molecule has 0 amide bonds. The SMILES string of the molecule is CC(C)(C)c1cc(-c2cc(C(C)(C)C)cc(-c3ccc(-c4ccccc4)cc3)c2N2CN(c3cccc(Oc4cc5c6c7c(cccc7n(-c7cc(C(C)(C)C)ccn7)c6c4)C5(C)C)c3)c3ccccc32)cc(C(C)(C)C)c1. The molecule has 0 saturated carbocycles. The van der Waals surface area contributed by atoms with Gasteiger partial charge in [0.15, 0.2) is 0 Å². The van der Waals surface area contributed by atoms with Gasteiger partial charge in [-0.15, -0.1) is 0 Å². The molecule has 2 aromatic heterocycles. The van der Waals surface area contributed by atoms with Crippen LogP contribution in [0.1, 0.15) is 130 Å². The molecule has 392 valence electrons. The van der Waals surface area contributed by atoms with Crippen LogP contribution >= 0.6 is 0 Å². The predicted molar refractivity (Wildman–Crippen MR) is 330 cm³/mol. The number of ether oxygens (including phenoxy) is 1. The molecule has 1 aliphatic carbocycles. The third-order valence-corrected chi connectivity index (χ3v) is 16.7. The zero-order valence-electron chi connectivity index (χ0n) is 48.2. The van der Waals surface area contributed by atoms with Gasteiger partial charge in [-0.25, -0.2) is 4.98 Å². The summed E-state index contributed by atoms with van der Waals surface area (Å²) in [5.41, 5.74) is 21.4. The Labute approximate surface area is 463 Å². The Morgan fingerprint density at radius 1 is 0.423 bits per heavy atom. The number of hydrogen-bond acceptors (Lipinski definition) is 4. The van der Waals surface area contributed by atoms with Crippen molar-refractivity contribution < 1.29 is 4.74 Å². The Balaban J connectivity index is 0.999. The number of nitrogens with zero attached hydrogens (tertiary/aromatic N) is 4. The first-order valence-electron chi connectivity index (χ1n) is 28.0. The molecular formula is C73H74N4O. The number of hydrogen-bond donors (Lipinski definition) is 0. The van der Waals surface area contributed by atoms with Crippen molar-refractivity contribution in [3.05, 3.63) is 216 Å². The molecule has 10 aromatic rings. The lowest BCUT2D eigenvalue weighted by molar-refractivity contribution is 0.481. The van der Waals surface area contributed by atoms with Crippen molar-refractivity contribution in [2.75, 3.05) is 16.5 Å². The quantitative estimate of drug-likeness (QED) is 0.152. The molecule has 2 aliphatic rings. The second-order valence-corrected chi connectivity index (χ2v) is 26.7. The molecule has 0 N–H and O–H groups in total. The number of aromatic nitrogens is 2. The van der Waals surface area contributed by atoms with Gasteiger partial charge in [0.25, 0.3) is 0 Å². The number of pyridine rings is 1. The van der Waals surface area contributed by atoms with Crippen molar-refractivity contribution in [1.82, 2.24) is 9.55 Å². The van der Waals surface area contributed by atoms with Gasteiger partial charge in [-0.05, 0) is 138 Å². The second kappa shape index (κ2) is 18.1. The second-order valence-electron chi connectivity index (χ2n) is 26.7. The normalized spacial score (nSPS) is 14.3. The topological polar surface area (TPSA) is 33.5 Å². The lowest BCUT2D eigenvalue weighted by Crippen LogP contribution is -2.25. The van der Waals surface area contributed by atoms with E-state index < -0.39 is 0 Å². The summed E-state index contributed by atoms with van der Waals surface area (Å²) in [6.07, 6.45) is 1.96. The Morgan fingerprint density at radius 3 is 1.64 bits per heavy atom. The molecule has 0 atom stereocenters. The third kappa shape index (κ3) is 8.76. The Bertz CT molecular complexity index is 3950. The van der Waals surface area contributed by atoms with Crippen molar-refractivity contribution in [3.63, 3.8) is 0 Å². The Hall–Kier alpha value is -7.89. The first-order chi connectivity index (χ1) is 36.9.